The molecule has 13 heavy (non-hydrogen) atoms. The molecule has 74 valence electrons. The first kappa shape index (κ1) is 10.1. The Bertz CT molecular complexity index is 333. The fourth-order valence-electron chi connectivity index (χ4n) is 1.57. The molecule has 1 heterocycles. The van der Waals surface area contributed by atoms with Crippen LogP contribution >= 0.6 is 0 Å². The van der Waals surface area contributed by atoms with Crippen molar-refractivity contribution < 1.29 is 0 Å². The number of rotatable bonds is 3. The Labute approximate surface area is 78.8 Å². The van der Waals surface area contributed by atoms with Crippen molar-refractivity contribution in [2.45, 2.75) is 40.7 Å². The first-order valence-electron chi connectivity index (χ1n) is 4.84. The molecule has 0 radical (unpaired) electrons. The van der Waals surface area contributed by atoms with Gasteiger partial charge in [0.05, 0.1) is 0 Å². The van der Waals surface area contributed by atoms with E-state index >= 15 is 0 Å². The van der Waals surface area contributed by atoms with E-state index in [1.807, 2.05) is 18.5 Å². The van der Waals surface area contributed by atoms with Crippen LogP contribution in [-0.2, 0) is 13.0 Å². The number of aromatic amines is 1. The molecule has 0 atom stereocenters. The second kappa shape index (κ2) is 3.81. The molecule has 0 aliphatic rings. The van der Waals surface area contributed by atoms with Crippen molar-refractivity contribution in [1.82, 2.24) is 9.78 Å². The molecular weight excluding hydrogens is 164 g/mol. The Morgan fingerprint density at radius 1 is 1.46 bits per heavy atom. The highest BCUT2D eigenvalue weighted by atomic mass is 16.1. The summed E-state index contributed by atoms with van der Waals surface area (Å²) in [6.45, 7) is 9.12. The lowest BCUT2D eigenvalue weighted by Crippen LogP contribution is -2.09. The average molecular weight is 182 g/mol. The van der Waals surface area contributed by atoms with E-state index < -0.39 is 0 Å². The minimum absolute atomic E-state index is 0.0769. The SMILES string of the molecule is CCn1[nH]c(=O)c(CC(C)C)c1C. The van der Waals surface area contributed by atoms with Crippen LogP contribution in [0.1, 0.15) is 32.0 Å². The van der Waals surface area contributed by atoms with Crippen LogP contribution in [0.2, 0.25) is 0 Å². The van der Waals surface area contributed by atoms with E-state index in [9.17, 15) is 4.79 Å². The van der Waals surface area contributed by atoms with Crippen molar-refractivity contribution in [3.63, 3.8) is 0 Å². The second-order valence-electron chi connectivity index (χ2n) is 3.85. The molecule has 0 spiro atoms. The molecule has 0 unspecified atom stereocenters. The molecule has 0 fully saturated rings. The van der Waals surface area contributed by atoms with Crippen LogP contribution in [0.5, 0.6) is 0 Å². The monoisotopic (exact) mass is 182 g/mol. The van der Waals surface area contributed by atoms with Crippen molar-refractivity contribution in [2.75, 3.05) is 0 Å². The van der Waals surface area contributed by atoms with Gasteiger partial charge in [-0.05, 0) is 26.2 Å². The van der Waals surface area contributed by atoms with Gasteiger partial charge in [-0.25, -0.2) is 0 Å². The molecule has 3 heteroatoms. The Kier molecular flexibility index (Phi) is 2.96. The van der Waals surface area contributed by atoms with E-state index in [2.05, 4.69) is 18.9 Å². The van der Waals surface area contributed by atoms with Crippen LogP contribution in [0, 0.1) is 12.8 Å². The predicted octanol–water partition coefficient (Wildman–Crippen LogP) is 1.70. The van der Waals surface area contributed by atoms with Gasteiger partial charge in [0.25, 0.3) is 5.56 Å². The number of hydrogen-bond donors (Lipinski definition) is 1. The van der Waals surface area contributed by atoms with Crippen molar-refractivity contribution in [3.8, 4) is 0 Å². The quantitative estimate of drug-likeness (QED) is 0.759. The molecule has 0 bridgehead atoms. The summed E-state index contributed by atoms with van der Waals surface area (Å²) in [4.78, 5) is 11.5. The number of nitrogens with one attached hydrogen (secondary N) is 1. The van der Waals surface area contributed by atoms with Gasteiger partial charge in [0.15, 0.2) is 0 Å². The normalized spacial score (nSPS) is 11.2. The largest absolute Gasteiger partial charge is 0.290 e. The standard InChI is InChI=1S/C10H18N2O/c1-5-12-8(4)9(6-7(2)3)10(13)11-12/h7H,5-6H2,1-4H3,(H,11,13). The second-order valence-corrected chi connectivity index (χ2v) is 3.85. The Hall–Kier alpha value is -0.990. The summed E-state index contributed by atoms with van der Waals surface area (Å²) in [6, 6.07) is 0. The van der Waals surface area contributed by atoms with E-state index in [-0.39, 0.29) is 5.56 Å². The molecule has 0 aromatic carbocycles. The summed E-state index contributed by atoms with van der Waals surface area (Å²) in [5.41, 5.74) is 2.10. The van der Waals surface area contributed by atoms with E-state index in [1.54, 1.807) is 0 Å². The van der Waals surface area contributed by atoms with Gasteiger partial charge in [0.2, 0.25) is 0 Å². The van der Waals surface area contributed by atoms with Gasteiger partial charge in [-0.15, -0.1) is 0 Å². The van der Waals surface area contributed by atoms with Crippen LogP contribution < -0.4 is 5.56 Å². The van der Waals surface area contributed by atoms with Gasteiger partial charge in [-0.1, -0.05) is 13.8 Å². The van der Waals surface area contributed by atoms with Crippen molar-refractivity contribution >= 4 is 0 Å². The van der Waals surface area contributed by atoms with Gasteiger partial charge < -0.3 is 0 Å². The van der Waals surface area contributed by atoms with Crippen molar-refractivity contribution in [1.29, 1.82) is 0 Å². The third kappa shape index (κ3) is 2.02. The van der Waals surface area contributed by atoms with Gasteiger partial charge in [0.1, 0.15) is 0 Å². The maximum absolute atomic E-state index is 11.5. The average Bonchev–Trinajstić information content (AvgIpc) is 2.31. The minimum Gasteiger partial charge on any atom is -0.290 e. The first-order valence-corrected chi connectivity index (χ1v) is 4.84. The lowest BCUT2D eigenvalue weighted by Gasteiger charge is -2.03. The van der Waals surface area contributed by atoms with E-state index in [0.717, 1.165) is 24.2 Å². The smallest absolute Gasteiger partial charge is 0.267 e. The molecule has 0 saturated heterocycles. The minimum atomic E-state index is 0.0769. The zero-order valence-corrected chi connectivity index (χ0v) is 8.85. The molecule has 0 amide bonds. The molecule has 0 aliphatic carbocycles. The highest BCUT2D eigenvalue weighted by Crippen LogP contribution is 2.08. The van der Waals surface area contributed by atoms with Crippen LogP contribution in [0.25, 0.3) is 0 Å². The van der Waals surface area contributed by atoms with Crippen molar-refractivity contribution in [2.24, 2.45) is 5.92 Å². The number of aromatic nitrogens is 2. The molecule has 3 nitrogen and oxygen atoms in total. The Balaban J connectivity index is 3.06. The summed E-state index contributed by atoms with van der Waals surface area (Å²) < 4.78 is 1.90. The van der Waals surface area contributed by atoms with E-state index in [0.29, 0.717) is 5.92 Å². The molecule has 1 aromatic rings. The third-order valence-corrected chi connectivity index (χ3v) is 2.28. The molecule has 0 aliphatic heterocycles. The number of hydrogen-bond acceptors (Lipinski definition) is 1. The maximum atomic E-state index is 11.5. The first-order chi connectivity index (χ1) is 6.06. The van der Waals surface area contributed by atoms with Crippen LogP contribution in [0.15, 0.2) is 4.79 Å². The van der Waals surface area contributed by atoms with Crippen LogP contribution in [0.3, 0.4) is 0 Å². The summed E-state index contributed by atoms with van der Waals surface area (Å²) in [7, 11) is 0. The van der Waals surface area contributed by atoms with E-state index in [4.69, 9.17) is 0 Å². The molecule has 1 aromatic heterocycles. The third-order valence-electron chi connectivity index (χ3n) is 2.28. The van der Waals surface area contributed by atoms with Gasteiger partial charge in [-0.2, -0.15) is 0 Å². The highest BCUT2D eigenvalue weighted by molar-refractivity contribution is 5.16. The zero-order chi connectivity index (χ0) is 10.0. The van der Waals surface area contributed by atoms with Crippen LogP contribution in [0.4, 0.5) is 0 Å². The fourth-order valence-corrected chi connectivity index (χ4v) is 1.57. The highest BCUT2D eigenvalue weighted by Gasteiger charge is 2.10. The molecule has 1 N–H and O–H groups in total. The fraction of sp³-hybridized carbons (Fsp3) is 0.700. The predicted molar refractivity (Wildman–Crippen MR) is 54.0 cm³/mol. The maximum Gasteiger partial charge on any atom is 0.267 e. The Morgan fingerprint density at radius 2 is 2.08 bits per heavy atom. The number of nitrogens with zero attached hydrogens (tertiary/aromatic N) is 1. The number of H-pyrrole nitrogens is 1. The molecule has 1 rings (SSSR count). The molecule has 0 saturated carbocycles. The lowest BCUT2D eigenvalue weighted by atomic mass is 10.0. The van der Waals surface area contributed by atoms with Gasteiger partial charge in [-0.3, -0.25) is 14.6 Å². The summed E-state index contributed by atoms with van der Waals surface area (Å²) in [5, 5.41) is 2.83. The molecular formula is C10H18N2O. The zero-order valence-electron chi connectivity index (χ0n) is 8.85. The summed E-state index contributed by atoms with van der Waals surface area (Å²) in [5.74, 6) is 0.535. The Morgan fingerprint density at radius 3 is 2.46 bits per heavy atom. The number of aryl methyl sites for hydroxylation is 1. The summed E-state index contributed by atoms with van der Waals surface area (Å²) in [6.07, 6.45) is 0.869. The lowest BCUT2D eigenvalue weighted by molar-refractivity contribution is 0.623. The topological polar surface area (TPSA) is 37.8 Å². The summed E-state index contributed by atoms with van der Waals surface area (Å²) >= 11 is 0. The van der Waals surface area contributed by atoms with Gasteiger partial charge >= 0.3 is 0 Å². The van der Waals surface area contributed by atoms with Gasteiger partial charge in [0, 0.05) is 17.8 Å². The van der Waals surface area contributed by atoms with E-state index in [1.165, 1.54) is 0 Å². The van der Waals surface area contributed by atoms with Crippen molar-refractivity contribution in [3.05, 3.63) is 21.6 Å². The van der Waals surface area contributed by atoms with Crippen LogP contribution in [-0.4, -0.2) is 9.78 Å².